The van der Waals surface area contributed by atoms with E-state index < -0.39 is 0 Å². The molecule has 1 spiro atoms. The molecule has 14 rings (SSSR count). The predicted octanol–water partition coefficient (Wildman–Crippen LogP) is 13.9. The Morgan fingerprint density at radius 3 is 1.80 bits per heavy atom. The van der Waals surface area contributed by atoms with Crippen LogP contribution in [0.4, 0.5) is 17.1 Å². The van der Waals surface area contributed by atoms with Crippen molar-refractivity contribution in [3.05, 3.63) is 169 Å². The normalized spacial score (nSPS) is 21.9. The summed E-state index contributed by atoms with van der Waals surface area (Å²) in [5.41, 5.74) is 14.8. The van der Waals surface area contributed by atoms with Gasteiger partial charge in [0.15, 0.2) is 0 Å². The molecule has 3 nitrogen and oxygen atoms in total. The lowest BCUT2D eigenvalue weighted by Crippen LogP contribution is -2.57. The van der Waals surface area contributed by atoms with Crippen molar-refractivity contribution < 1.29 is 4.42 Å². The van der Waals surface area contributed by atoms with Gasteiger partial charge in [-0.15, -0.1) is 0 Å². The van der Waals surface area contributed by atoms with Gasteiger partial charge in [0.05, 0.1) is 28.1 Å². The van der Waals surface area contributed by atoms with E-state index in [1.807, 2.05) is 6.07 Å². The van der Waals surface area contributed by atoms with Gasteiger partial charge < -0.3 is 13.9 Å². The van der Waals surface area contributed by atoms with Gasteiger partial charge >= 0.3 is 0 Å². The number of furan rings is 1. The molecule has 0 unspecified atom stereocenters. The van der Waals surface area contributed by atoms with Gasteiger partial charge in [0.2, 0.25) is 0 Å². The summed E-state index contributed by atoms with van der Waals surface area (Å²) < 4.78 is 9.05. The Labute approximate surface area is 320 Å². The van der Waals surface area contributed by atoms with Crippen LogP contribution in [0.5, 0.6) is 0 Å². The number of nitrogens with zero attached hydrogens (tertiary/aromatic N) is 2. The molecule has 55 heavy (non-hydrogen) atoms. The standard InChI is InChI=1S/C52H40N2O/c1-6-19-45(37(12-1)40-15-11-16-41-39-14-3-10-23-50(39)55-51(40)41)54-46-20-7-2-13-38(46)42-31-36(24-25-47(42)54)53-48-21-8-4-17-43(48)52(44-18-5-9-22-49(44)53)34-27-32-26-33(29-34)30-35(52)28-32/h1-25,31-35H,26-30H2. The zero-order valence-corrected chi connectivity index (χ0v) is 30.7. The van der Waals surface area contributed by atoms with E-state index in [1.165, 1.54) is 71.0 Å². The van der Waals surface area contributed by atoms with Gasteiger partial charge in [0, 0.05) is 43.8 Å². The summed E-state index contributed by atoms with van der Waals surface area (Å²) >= 11 is 0. The van der Waals surface area contributed by atoms with Gasteiger partial charge in [-0.25, -0.2) is 0 Å². The summed E-state index contributed by atoms with van der Waals surface area (Å²) in [5.74, 6) is 3.28. The zero-order chi connectivity index (χ0) is 35.8. The number of fused-ring (bicyclic) bond motifs is 8. The van der Waals surface area contributed by atoms with E-state index in [0.29, 0.717) is 0 Å². The fourth-order valence-electron chi connectivity index (χ4n) is 12.6. The van der Waals surface area contributed by atoms with E-state index in [4.69, 9.17) is 4.42 Å². The molecular formula is C52H40N2O. The minimum atomic E-state index is 0.101. The van der Waals surface area contributed by atoms with Crippen LogP contribution in [0.3, 0.4) is 0 Å². The number of para-hydroxylation sites is 6. The molecule has 3 heteroatoms. The third-order valence-corrected chi connectivity index (χ3v) is 14.4. The van der Waals surface area contributed by atoms with Gasteiger partial charge in [-0.1, -0.05) is 109 Å². The Balaban J connectivity index is 1.02. The molecular weight excluding hydrogens is 669 g/mol. The SMILES string of the molecule is c1ccc(-n2c3ccccc3c3cc(N4c5ccccc5C5(c6ccccc64)C4CC6CC(C4)CC5C6)ccc32)c(-c2cccc3c2oc2ccccc23)c1. The third-order valence-electron chi connectivity index (χ3n) is 14.4. The highest BCUT2D eigenvalue weighted by Crippen LogP contribution is 2.69. The maximum absolute atomic E-state index is 6.58. The summed E-state index contributed by atoms with van der Waals surface area (Å²) in [6.45, 7) is 0. The first-order chi connectivity index (χ1) is 27.3. The summed E-state index contributed by atoms with van der Waals surface area (Å²) in [7, 11) is 0. The molecule has 9 aromatic rings. The number of benzene rings is 7. The minimum absolute atomic E-state index is 0.101. The summed E-state index contributed by atoms with van der Waals surface area (Å²) in [4.78, 5) is 2.59. The van der Waals surface area contributed by atoms with Gasteiger partial charge in [0.25, 0.3) is 0 Å². The highest BCUT2D eigenvalue weighted by atomic mass is 16.3. The number of rotatable bonds is 3. The van der Waals surface area contributed by atoms with Crippen molar-refractivity contribution in [2.75, 3.05) is 4.90 Å². The number of hydrogen-bond donors (Lipinski definition) is 0. The van der Waals surface area contributed by atoms with Crippen molar-refractivity contribution in [3.63, 3.8) is 0 Å². The Morgan fingerprint density at radius 2 is 1.04 bits per heavy atom. The smallest absolute Gasteiger partial charge is 0.143 e. The molecule has 264 valence electrons. The van der Waals surface area contributed by atoms with E-state index in [0.717, 1.165) is 62.4 Å². The lowest BCUT2D eigenvalue weighted by Gasteiger charge is -2.64. The number of aromatic nitrogens is 1. The van der Waals surface area contributed by atoms with Gasteiger partial charge in [0.1, 0.15) is 11.2 Å². The second kappa shape index (κ2) is 11.0. The molecule has 5 aliphatic rings. The molecule has 0 N–H and O–H groups in total. The fraction of sp³-hybridized carbons (Fsp3) is 0.192. The van der Waals surface area contributed by atoms with Crippen LogP contribution >= 0.6 is 0 Å². The van der Waals surface area contributed by atoms with Crippen LogP contribution in [0.1, 0.15) is 43.2 Å². The summed E-state index contributed by atoms with van der Waals surface area (Å²) in [6, 6.07) is 58.7. The zero-order valence-electron chi connectivity index (χ0n) is 30.7. The molecule has 4 aliphatic carbocycles. The molecule has 0 amide bonds. The van der Waals surface area contributed by atoms with Crippen molar-refractivity contribution in [2.45, 2.75) is 37.5 Å². The topological polar surface area (TPSA) is 21.3 Å². The highest BCUT2D eigenvalue weighted by Gasteiger charge is 2.61. The quantitative estimate of drug-likeness (QED) is 0.182. The predicted molar refractivity (Wildman–Crippen MR) is 226 cm³/mol. The average Bonchev–Trinajstić information content (AvgIpc) is 3.78. The van der Waals surface area contributed by atoms with E-state index in [2.05, 4.69) is 161 Å². The first-order valence-corrected chi connectivity index (χ1v) is 20.3. The van der Waals surface area contributed by atoms with Crippen molar-refractivity contribution >= 4 is 60.8 Å². The van der Waals surface area contributed by atoms with E-state index in [9.17, 15) is 0 Å². The summed E-state index contributed by atoms with van der Waals surface area (Å²) in [6.07, 6.45) is 6.99. The van der Waals surface area contributed by atoms with Crippen molar-refractivity contribution in [2.24, 2.45) is 23.7 Å². The Morgan fingerprint density at radius 1 is 0.455 bits per heavy atom. The lowest BCUT2D eigenvalue weighted by atomic mass is 9.41. The fourth-order valence-corrected chi connectivity index (χ4v) is 12.6. The molecule has 3 heterocycles. The first kappa shape index (κ1) is 30.3. The molecule has 0 radical (unpaired) electrons. The Kier molecular flexibility index (Phi) is 6.06. The van der Waals surface area contributed by atoms with Crippen LogP contribution in [0, 0.1) is 23.7 Å². The molecule has 7 aromatic carbocycles. The Bertz CT molecular complexity index is 2960. The lowest BCUT2D eigenvalue weighted by molar-refractivity contribution is -0.0419. The van der Waals surface area contributed by atoms with Crippen LogP contribution < -0.4 is 4.90 Å². The van der Waals surface area contributed by atoms with E-state index in [-0.39, 0.29) is 5.41 Å². The van der Waals surface area contributed by atoms with Gasteiger partial charge in [-0.05, 0) is 115 Å². The third kappa shape index (κ3) is 3.96. The first-order valence-electron chi connectivity index (χ1n) is 20.3. The Hall–Kier alpha value is -6.06. The molecule has 4 fully saturated rings. The second-order valence-electron chi connectivity index (χ2n) is 16.9. The average molecular weight is 709 g/mol. The molecule has 2 aromatic heterocycles. The maximum Gasteiger partial charge on any atom is 0.143 e. The monoisotopic (exact) mass is 708 g/mol. The van der Waals surface area contributed by atoms with Crippen molar-refractivity contribution in [1.82, 2.24) is 4.57 Å². The summed E-state index contributed by atoms with van der Waals surface area (Å²) in [5, 5.41) is 4.81. The molecule has 0 atom stereocenters. The molecule has 1 aliphatic heterocycles. The van der Waals surface area contributed by atoms with E-state index >= 15 is 0 Å². The second-order valence-corrected chi connectivity index (χ2v) is 16.9. The maximum atomic E-state index is 6.58. The highest BCUT2D eigenvalue weighted by molar-refractivity contribution is 6.13. The van der Waals surface area contributed by atoms with Crippen LogP contribution in [-0.4, -0.2) is 4.57 Å². The van der Waals surface area contributed by atoms with Crippen molar-refractivity contribution in [1.29, 1.82) is 0 Å². The minimum Gasteiger partial charge on any atom is -0.455 e. The molecule has 0 saturated heterocycles. The van der Waals surface area contributed by atoms with Crippen LogP contribution in [0.25, 0.3) is 60.6 Å². The number of hydrogen-bond acceptors (Lipinski definition) is 2. The molecule has 4 saturated carbocycles. The largest absolute Gasteiger partial charge is 0.455 e. The molecule has 4 bridgehead atoms. The van der Waals surface area contributed by atoms with Crippen LogP contribution in [0.15, 0.2) is 162 Å². The number of anilines is 3. The van der Waals surface area contributed by atoms with E-state index in [1.54, 1.807) is 11.1 Å². The van der Waals surface area contributed by atoms with Gasteiger partial charge in [-0.2, -0.15) is 0 Å². The van der Waals surface area contributed by atoms with Crippen LogP contribution in [-0.2, 0) is 5.41 Å². The van der Waals surface area contributed by atoms with Crippen LogP contribution in [0.2, 0.25) is 0 Å². The van der Waals surface area contributed by atoms with Gasteiger partial charge in [-0.3, -0.25) is 0 Å². The van der Waals surface area contributed by atoms with Crippen molar-refractivity contribution in [3.8, 4) is 16.8 Å².